The number of nitrogens with zero attached hydrogens (tertiary/aromatic N) is 2. The summed E-state index contributed by atoms with van der Waals surface area (Å²) in [6.07, 6.45) is 0.107. The SMILES string of the molecule is O=C(Cc1cscn1)Nc1ccccc1S(=O)(=O)N1CCOCC1. The number of aromatic nitrogens is 1. The quantitative estimate of drug-likeness (QED) is 0.862. The van der Waals surface area contributed by atoms with E-state index in [0.717, 1.165) is 0 Å². The minimum Gasteiger partial charge on any atom is -0.379 e. The monoisotopic (exact) mass is 367 g/mol. The molecular formula is C15H17N3O4S2. The average molecular weight is 367 g/mol. The molecule has 9 heteroatoms. The molecule has 1 aliphatic rings. The fourth-order valence-corrected chi connectivity index (χ4v) is 4.52. The topological polar surface area (TPSA) is 88.6 Å². The van der Waals surface area contributed by atoms with E-state index >= 15 is 0 Å². The minimum absolute atomic E-state index is 0.0959. The van der Waals surface area contributed by atoms with E-state index in [1.54, 1.807) is 29.1 Å². The highest BCUT2D eigenvalue weighted by Crippen LogP contribution is 2.25. The van der Waals surface area contributed by atoms with E-state index in [1.807, 2.05) is 0 Å². The molecule has 2 aromatic rings. The van der Waals surface area contributed by atoms with Gasteiger partial charge in [-0.25, -0.2) is 13.4 Å². The number of carbonyl (C=O) groups excluding carboxylic acids is 1. The Balaban J connectivity index is 1.81. The molecule has 24 heavy (non-hydrogen) atoms. The average Bonchev–Trinajstić information content (AvgIpc) is 3.09. The van der Waals surface area contributed by atoms with Crippen LogP contribution in [0.4, 0.5) is 5.69 Å². The number of anilines is 1. The number of amides is 1. The molecule has 2 heterocycles. The van der Waals surface area contributed by atoms with Crippen LogP contribution >= 0.6 is 11.3 Å². The Kier molecular flexibility index (Phi) is 5.24. The maximum Gasteiger partial charge on any atom is 0.245 e. The Morgan fingerprint density at radius 3 is 2.75 bits per heavy atom. The van der Waals surface area contributed by atoms with Crippen molar-refractivity contribution in [2.24, 2.45) is 0 Å². The molecule has 1 aromatic carbocycles. The molecule has 0 saturated carbocycles. The number of hydrogen-bond donors (Lipinski definition) is 1. The molecule has 7 nitrogen and oxygen atoms in total. The van der Waals surface area contributed by atoms with Crippen molar-refractivity contribution < 1.29 is 17.9 Å². The van der Waals surface area contributed by atoms with Crippen LogP contribution in [0.5, 0.6) is 0 Å². The fraction of sp³-hybridized carbons (Fsp3) is 0.333. The van der Waals surface area contributed by atoms with Gasteiger partial charge in [-0.15, -0.1) is 11.3 Å². The van der Waals surface area contributed by atoms with Gasteiger partial charge in [0.05, 0.1) is 36.5 Å². The van der Waals surface area contributed by atoms with Crippen molar-refractivity contribution in [1.29, 1.82) is 0 Å². The number of rotatable bonds is 5. The van der Waals surface area contributed by atoms with Crippen LogP contribution in [0.2, 0.25) is 0 Å². The molecule has 3 rings (SSSR count). The number of nitrogens with one attached hydrogen (secondary N) is 1. The van der Waals surface area contributed by atoms with Gasteiger partial charge in [0.1, 0.15) is 4.90 Å². The molecule has 0 spiro atoms. The number of ether oxygens (including phenoxy) is 1. The lowest BCUT2D eigenvalue weighted by Gasteiger charge is -2.26. The molecule has 128 valence electrons. The highest BCUT2D eigenvalue weighted by atomic mass is 32.2. The van der Waals surface area contributed by atoms with Crippen LogP contribution in [0.3, 0.4) is 0 Å². The van der Waals surface area contributed by atoms with E-state index in [1.165, 1.54) is 21.7 Å². The van der Waals surface area contributed by atoms with Gasteiger partial charge >= 0.3 is 0 Å². The second-order valence-electron chi connectivity index (χ2n) is 5.22. The smallest absolute Gasteiger partial charge is 0.245 e. The summed E-state index contributed by atoms with van der Waals surface area (Å²) < 4.78 is 32.2. The van der Waals surface area contributed by atoms with Crippen LogP contribution in [0.25, 0.3) is 0 Å². The molecule has 0 radical (unpaired) electrons. The van der Waals surface area contributed by atoms with Crippen molar-refractivity contribution in [1.82, 2.24) is 9.29 Å². The molecule has 1 N–H and O–H groups in total. The maximum atomic E-state index is 12.8. The highest BCUT2D eigenvalue weighted by molar-refractivity contribution is 7.89. The fourth-order valence-electron chi connectivity index (χ4n) is 2.40. The molecule has 1 aliphatic heterocycles. The summed E-state index contributed by atoms with van der Waals surface area (Å²) >= 11 is 1.41. The van der Waals surface area contributed by atoms with Gasteiger partial charge in [-0.1, -0.05) is 12.1 Å². The number of sulfonamides is 1. The van der Waals surface area contributed by atoms with Crippen LogP contribution in [0.1, 0.15) is 5.69 Å². The van der Waals surface area contributed by atoms with E-state index in [4.69, 9.17) is 4.74 Å². The Labute approximate surface area is 144 Å². The summed E-state index contributed by atoms with van der Waals surface area (Å²) in [7, 11) is -3.68. The summed E-state index contributed by atoms with van der Waals surface area (Å²) in [6, 6.07) is 6.43. The predicted octanol–water partition coefficient (Wildman–Crippen LogP) is 1.35. The molecule has 1 amide bonds. The van der Waals surface area contributed by atoms with E-state index in [2.05, 4.69) is 10.3 Å². The number of hydrogen-bond acceptors (Lipinski definition) is 6. The number of carbonyl (C=O) groups is 1. The van der Waals surface area contributed by atoms with Crippen LogP contribution in [0.15, 0.2) is 40.1 Å². The predicted molar refractivity (Wildman–Crippen MR) is 90.5 cm³/mol. The van der Waals surface area contributed by atoms with E-state index in [0.29, 0.717) is 32.0 Å². The lowest BCUT2D eigenvalue weighted by Crippen LogP contribution is -2.40. The van der Waals surface area contributed by atoms with Gasteiger partial charge in [0.2, 0.25) is 15.9 Å². The summed E-state index contributed by atoms with van der Waals surface area (Å²) in [5.74, 6) is -0.300. The standard InChI is InChI=1S/C15H17N3O4S2/c19-15(9-12-10-23-11-16-12)17-13-3-1-2-4-14(13)24(20,21)18-5-7-22-8-6-18/h1-4,10-11H,5-9H2,(H,17,19). The largest absolute Gasteiger partial charge is 0.379 e. The zero-order valence-electron chi connectivity index (χ0n) is 12.8. The molecule has 0 unspecified atom stereocenters. The zero-order valence-corrected chi connectivity index (χ0v) is 14.5. The Bertz CT molecular complexity index is 800. The van der Waals surface area contributed by atoms with Gasteiger partial charge in [-0.3, -0.25) is 4.79 Å². The molecule has 0 atom stereocenters. The lowest BCUT2D eigenvalue weighted by molar-refractivity contribution is -0.115. The van der Waals surface area contributed by atoms with Crippen molar-refractivity contribution in [2.45, 2.75) is 11.3 Å². The summed E-state index contributed by atoms with van der Waals surface area (Å²) in [5.41, 5.74) is 2.59. The first-order valence-corrected chi connectivity index (χ1v) is 9.79. The van der Waals surface area contributed by atoms with E-state index in [9.17, 15) is 13.2 Å². The molecule has 1 fully saturated rings. The summed E-state index contributed by atoms with van der Waals surface area (Å²) in [5, 5.41) is 4.47. The highest BCUT2D eigenvalue weighted by Gasteiger charge is 2.28. The van der Waals surface area contributed by atoms with Gasteiger partial charge in [0.15, 0.2) is 0 Å². The van der Waals surface area contributed by atoms with Gasteiger partial charge in [-0.05, 0) is 12.1 Å². The third kappa shape index (κ3) is 3.81. The molecule has 0 bridgehead atoms. The van der Waals surface area contributed by atoms with Gasteiger partial charge in [0, 0.05) is 18.5 Å². The van der Waals surface area contributed by atoms with Gasteiger partial charge in [-0.2, -0.15) is 4.31 Å². The normalized spacial score (nSPS) is 16.0. The molecule has 0 aliphatic carbocycles. The molecule has 1 saturated heterocycles. The van der Waals surface area contributed by atoms with Crippen LogP contribution in [0, 0.1) is 0 Å². The second-order valence-corrected chi connectivity index (χ2v) is 7.84. The zero-order chi connectivity index (χ0) is 17.0. The molecular weight excluding hydrogens is 350 g/mol. The Morgan fingerprint density at radius 2 is 2.04 bits per heavy atom. The molecule has 1 aromatic heterocycles. The van der Waals surface area contributed by atoms with Crippen molar-refractivity contribution in [3.63, 3.8) is 0 Å². The first-order chi connectivity index (χ1) is 11.6. The second kappa shape index (κ2) is 7.39. The lowest BCUT2D eigenvalue weighted by atomic mass is 10.3. The third-order valence-corrected chi connectivity index (χ3v) is 6.17. The van der Waals surface area contributed by atoms with Crippen LogP contribution in [-0.4, -0.2) is 49.9 Å². The van der Waals surface area contributed by atoms with E-state index < -0.39 is 10.0 Å². The Morgan fingerprint density at radius 1 is 1.29 bits per heavy atom. The van der Waals surface area contributed by atoms with Crippen molar-refractivity contribution in [3.8, 4) is 0 Å². The van der Waals surface area contributed by atoms with Crippen LogP contribution < -0.4 is 5.32 Å². The van der Waals surface area contributed by atoms with Gasteiger partial charge < -0.3 is 10.1 Å². The summed E-state index contributed by atoms with van der Waals surface area (Å²) in [4.78, 5) is 16.3. The number of benzene rings is 1. The van der Waals surface area contributed by atoms with Crippen molar-refractivity contribution in [2.75, 3.05) is 31.6 Å². The van der Waals surface area contributed by atoms with E-state index in [-0.39, 0.29) is 22.9 Å². The van der Waals surface area contributed by atoms with Crippen molar-refractivity contribution >= 4 is 33.0 Å². The first-order valence-electron chi connectivity index (χ1n) is 7.41. The number of para-hydroxylation sites is 1. The third-order valence-electron chi connectivity index (χ3n) is 3.57. The first kappa shape index (κ1) is 17.0. The summed E-state index contributed by atoms with van der Waals surface area (Å²) in [6.45, 7) is 1.36. The maximum absolute atomic E-state index is 12.8. The number of thiazole rings is 1. The van der Waals surface area contributed by atoms with Gasteiger partial charge in [0.25, 0.3) is 0 Å². The van der Waals surface area contributed by atoms with Crippen LogP contribution in [-0.2, 0) is 26.0 Å². The van der Waals surface area contributed by atoms with Crippen molar-refractivity contribution in [3.05, 3.63) is 40.8 Å². The number of morpholine rings is 1. The Hall–Kier alpha value is -1.81. The minimum atomic E-state index is -3.68.